The fraction of sp³-hybridized carbons (Fsp3) is 0.550. The first-order chi connectivity index (χ1) is 23.7. The van der Waals surface area contributed by atoms with Crippen LogP contribution in [0.1, 0.15) is 100 Å². The van der Waals surface area contributed by atoms with Gasteiger partial charge in [-0.15, -0.1) is 23.4 Å². The van der Waals surface area contributed by atoms with E-state index in [-0.39, 0.29) is 47.3 Å². The van der Waals surface area contributed by atoms with Gasteiger partial charge in [0, 0.05) is 13.1 Å². The van der Waals surface area contributed by atoms with Crippen LogP contribution in [0.5, 0.6) is 0 Å². The minimum atomic E-state index is -0.517. The van der Waals surface area contributed by atoms with Crippen molar-refractivity contribution in [2.24, 2.45) is 34.5 Å². The van der Waals surface area contributed by atoms with Gasteiger partial charge in [-0.25, -0.2) is 9.59 Å². The number of esters is 2. The van der Waals surface area contributed by atoms with Crippen molar-refractivity contribution in [1.29, 1.82) is 0 Å². The average molecular weight is 685 g/mol. The van der Waals surface area contributed by atoms with Crippen LogP contribution in [0.25, 0.3) is 0 Å². The van der Waals surface area contributed by atoms with Crippen molar-refractivity contribution in [2.75, 3.05) is 13.2 Å². The zero-order valence-electron chi connectivity index (χ0n) is 30.7. The van der Waals surface area contributed by atoms with Crippen LogP contribution in [0.4, 0.5) is 0 Å². The number of ether oxygens (including phenoxy) is 2. The second-order valence-corrected chi connectivity index (χ2v) is 15.1. The predicted octanol–water partition coefficient (Wildman–Crippen LogP) is 8.15. The maximum absolute atomic E-state index is 12.7. The lowest BCUT2D eigenvalue weighted by atomic mass is 9.61. The number of hydrogen-bond donors (Lipinski definition) is 0. The van der Waals surface area contributed by atoms with Gasteiger partial charge in [0.1, 0.15) is 13.2 Å². The van der Waals surface area contributed by atoms with Crippen LogP contribution in [0.15, 0.2) is 86.3 Å². The van der Waals surface area contributed by atoms with Gasteiger partial charge >= 0.3 is 11.9 Å². The smallest absolute Gasteiger partial charge is 0.360 e. The molecule has 0 unspecified atom stereocenters. The first-order valence-corrected chi connectivity index (χ1v) is 17.8. The highest BCUT2D eigenvalue weighted by molar-refractivity contribution is 5.87. The van der Waals surface area contributed by atoms with Gasteiger partial charge in [-0.3, -0.25) is 9.36 Å². The normalized spacial score (nSPS) is 26.4. The minimum Gasteiger partial charge on any atom is -0.456 e. The van der Waals surface area contributed by atoms with E-state index < -0.39 is 11.9 Å². The molecule has 10 nitrogen and oxygen atoms in total. The van der Waals surface area contributed by atoms with Crippen LogP contribution in [-0.4, -0.2) is 55.1 Å². The molecule has 0 amide bonds. The zero-order chi connectivity index (χ0) is 36.6. The van der Waals surface area contributed by atoms with E-state index in [4.69, 9.17) is 9.47 Å². The molecule has 0 aromatic carbocycles. The third-order valence-corrected chi connectivity index (χ3v) is 11.3. The van der Waals surface area contributed by atoms with E-state index in [1.165, 1.54) is 0 Å². The fourth-order valence-electron chi connectivity index (χ4n) is 7.67. The van der Waals surface area contributed by atoms with Crippen molar-refractivity contribution in [1.82, 2.24) is 30.0 Å². The highest BCUT2D eigenvalue weighted by atomic mass is 16.5. The summed E-state index contributed by atoms with van der Waals surface area (Å²) in [6.45, 7) is 35.0. The molecule has 0 radical (unpaired) electrons. The molecule has 0 bridgehead atoms. The fourth-order valence-corrected chi connectivity index (χ4v) is 7.67. The Kier molecular flexibility index (Phi) is 12.8. The number of aromatic nitrogens is 6. The highest BCUT2D eigenvalue weighted by Gasteiger charge is 2.40. The molecule has 10 heteroatoms. The standard InChI is InChI=1S/C40H56N6O4/c1-11-39(9)17-15-31(21-33(39)27(3)4)29(7)25-49-37(47)35-23-45(43-41-35)19-13-14-20-46-24-36(42-44-46)38(48)50-26-30(8)32-16-18-40(10,12-2)34(22-32)28(5)6/h11-12,23-24,31-34H,1-3,5,7-8,13-22,25-26H2,4,6,9-10H3/t31-,32-,33+,34+,39-,40-/m1/s1. The predicted molar refractivity (Wildman–Crippen MR) is 196 cm³/mol. The van der Waals surface area contributed by atoms with Gasteiger partial charge < -0.3 is 9.47 Å². The molecule has 2 aromatic heterocycles. The Bertz CT molecular complexity index is 1500. The Morgan fingerprint density at radius 3 is 1.48 bits per heavy atom. The Hall–Kier alpha value is -4.34. The summed E-state index contributed by atoms with van der Waals surface area (Å²) >= 11 is 0. The van der Waals surface area contributed by atoms with E-state index in [0.29, 0.717) is 24.9 Å². The number of nitrogens with zero attached hydrogens (tertiary/aromatic N) is 6. The van der Waals surface area contributed by atoms with Crippen molar-refractivity contribution in [2.45, 2.75) is 92.2 Å². The Morgan fingerprint density at radius 2 is 1.14 bits per heavy atom. The van der Waals surface area contributed by atoms with Crippen LogP contribution < -0.4 is 0 Å². The molecule has 270 valence electrons. The number of carbonyl (C=O) groups is 2. The second kappa shape index (κ2) is 16.6. The molecule has 4 rings (SSSR count). The summed E-state index contributed by atoms with van der Waals surface area (Å²) < 4.78 is 14.4. The largest absolute Gasteiger partial charge is 0.456 e. The number of carbonyl (C=O) groups excluding carboxylic acids is 2. The van der Waals surface area contributed by atoms with Gasteiger partial charge in [0.25, 0.3) is 0 Å². The van der Waals surface area contributed by atoms with Gasteiger partial charge in [-0.2, -0.15) is 0 Å². The Morgan fingerprint density at radius 1 is 0.760 bits per heavy atom. The molecule has 0 spiro atoms. The van der Waals surface area contributed by atoms with Crippen molar-refractivity contribution in [3.63, 3.8) is 0 Å². The summed E-state index contributed by atoms with van der Waals surface area (Å²) in [5, 5.41) is 16.2. The summed E-state index contributed by atoms with van der Waals surface area (Å²) in [5.41, 5.74) is 4.49. The molecule has 0 aliphatic heterocycles. The van der Waals surface area contributed by atoms with Gasteiger partial charge in [-0.1, -0.05) is 73.9 Å². The molecule has 2 aliphatic carbocycles. The number of allylic oxidation sites excluding steroid dienone is 4. The van der Waals surface area contributed by atoms with Gasteiger partial charge in [0.05, 0.1) is 12.4 Å². The Balaban J connectivity index is 1.15. The van der Waals surface area contributed by atoms with Gasteiger partial charge in [-0.05, 0) is 111 Å². The van der Waals surface area contributed by atoms with E-state index in [1.54, 1.807) is 21.8 Å². The van der Waals surface area contributed by atoms with Crippen LogP contribution in [0.3, 0.4) is 0 Å². The average Bonchev–Trinajstić information content (AvgIpc) is 3.78. The lowest BCUT2D eigenvalue weighted by molar-refractivity contribution is 0.0505. The highest BCUT2D eigenvalue weighted by Crippen LogP contribution is 2.49. The third kappa shape index (κ3) is 9.25. The van der Waals surface area contributed by atoms with E-state index in [9.17, 15) is 9.59 Å². The topological polar surface area (TPSA) is 114 Å². The van der Waals surface area contributed by atoms with Crippen molar-refractivity contribution < 1.29 is 19.1 Å². The first kappa shape index (κ1) is 38.5. The molecule has 2 aromatic rings. The summed E-state index contributed by atoms with van der Waals surface area (Å²) in [6, 6.07) is 0. The van der Waals surface area contributed by atoms with E-state index >= 15 is 0 Å². The molecular weight excluding hydrogens is 628 g/mol. The molecule has 50 heavy (non-hydrogen) atoms. The minimum absolute atomic E-state index is 0.0278. The molecule has 6 atom stereocenters. The summed E-state index contributed by atoms with van der Waals surface area (Å²) in [5.74, 6) is 0.131. The molecule has 2 fully saturated rings. The monoisotopic (exact) mass is 684 g/mol. The van der Waals surface area contributed by atoms with Crippen molar-refractivity contribution in [3.8, 4) is 0 Å². The summed E-state index contributed by atoms with van der Waals surface area (Å²) in [7, 11) is 0. The van der Waals surface area contributed by atoms with Crippen molar-refractivity contribution >= 4 is 11.9 Å². The van der Waals surface area contributed by atoms with Crippen LogP contribution in [0, 0.1) is 34.5 Å². The maximum Gasteiger partial charge on any atom is 0.360 e. The number of aryl methyl sites for hydroxylation is 2. The van der Waals surface area contributed by atoms with Gasteiger partial charge in [0.2, 0.25) is 0 Å². The van der Waals surface area contributed by atoms with Crippen LogP contribution in [0.2, 0.25) is 0 Å². The van der Waals surface area contributed by atoms with E-state index in [0.717, 1.165) is 73.7 Å². The second-order valence-electron chi connectivity index (χ2n) is 15.1. The van der Waals surface area contributed by atoms with Crippen LogP contribution in [-0.2, 0) is 22.6 Å². The molecular formula is C40H56N6O4. The molecule has 0 N–H and O–H groups in total. The van der Waals surface area contributed by atoms with Gasteiger partial charge in [0.15, 0.2) is 11.4 Å². The van der Waals surface area contributed by atoms with E-state index in [2.05, 4.69) is 87.8 Å². The molecule has 2 heterocycles. The summed E-state index contributed by atoms with van der Waals surface area (Å²) in [4.78, 5) is 25.4. The number of unbranched alkanes of at least 4 members (excludes halogenated alkanes) is 1. The Labute approximate surface area is 298 Å². The molecule has 0 saturated heterocycles. The lowest BCUT2D eigenvalue weighted by Crippen LogP contribution is -2.34. The quantitative estimate of drug-likeness (QED) is 0.0932. The number of rotatable bonds is 17. The summed E-state index contributed by atoms with van der Waals surface area (Å²) in [6.07, 6.45) is 14.6. The molecule has 2 saturated carbocycles. The first-order valence-electron chi connectivity index (χ1n) is 17.8. The zero-order valence-corrected chi connectivity index (χ0v) is 30.7. The van der Waals surface area contributed by atoms with Crippen LogP contribution >= 0.6 is 0 Å². The van der Waals surface area contributed by atoms with E-state index in [1.807, 2.05) is 12.2 Å². The third-order valence-electron chi connectivity index (χ3n) is 11.3. The maximum atomic E-state index is 12.7. The number of hydrogen-bond acceptors (Lipinski definition) is 8. The molecule has 2 aliphatic rings. The SMILES string of the molecule is C=C[C@]1(C)CC[C@@H](C(=C)COC(=O)c2cn(CCCCn3cc(C(=O)OCC(=C)[C@@H]4CC[C@@](C)(C=C)[C@H](C(=C)C)C4)nn3)nn2)C[C@H]1C(=C)C. The van der Waals surface area contributed by atoms with Crippen molar-refractivity contribution in [3.05, 3.63) is 97.7 Å². The lowest BCUT2D eigenvalue weighted by Gasteiger charge is -2.43.